The smallest absolute Gasteiger partial charge is 0.257 e. The van der Waals surface area contributed by atoms with Crippen molar-refractivity contribution in [1.82, 2.24) is 4.98 Å². The second kappa shape index (κ2) is 4.83. The van der Waals surface area contributed by atoms with Crippen LogP contribution in [0, 0.1) is 12.7 Å². The second-order valence-electron chi connectivity index (χ2n) is 3.83. The Balaban J connectivity index is 2.27. The van der Waals surface area contributed by atoms with Gasteiger partial charge in [0.15, 0.2) is 0 Å². The van der Waals surface area contributed by atoms with Crippen molar-refractivity contribution in [2.24, 2.45) is 0 Å². The number of amides is 1. The van der Waals surface area contributed by atoms with Crippen LogP contribution in [-0.4, -0.2) is 10.9 Å². The third-order valence-corrected chi connectivity index (χ3v) is 2.49. The van der Waals surface area contributed by atoms with Gasteiger partial charge < -0.3 is 11.1 Å². The van der Waals surface area contributed by atoms with Crippen LogP contribution in [0.5, 0.6) is 0 Å². The summed E-state index contributed by atoms with van der Waals surface area (Å²) >= 11 is 0. The third-order valence-electron chi connectivity index (χ3n) is 2.49. The molecule has 0 atom stereocenters. The molecule has 2 aromatic rings. The molecule has 5 heteroatoms. The van der Waals surface area contributed by atoms with Crippen molar-refractivity contribution in [3.63, 3.8) is 0 Å². The molecule has 0 aliphatic rings. The van der Waals surface area contributed by atoms with Gasteiger partial charge >= 0.3 is 0 Å². The Morgan fingerprint density at radius 3 is 2.89 bits per heavy atom. The maximum absolute atomic E-state index is 13.5. The number of anilines is 2. The summed E-state index contributed by atoms with van der Waals surface area (Å²) in [7, 11) is 0. The van der Waals surface area contributed by atoms with Gasteiger partial charge in [-0.15, -0.1) is 0 Å². The van der Waals surface area contributed by atoms with Crippen LogP contribution in [0.3, 0.4) is 0 Å². The summed E-state index contributed by atoms with van der Waals surface area (Å²) in [5, 5.41) is 2.47. The average molecular weight is 245 g/mol. The van der Waals surface area contributed by atoms with Crippen LogP contribution in [0.25, 0.3) is 0 Å². The first-order chi connectivity index (χ1) is 8.58. The predicted molar refractivity (Wildman–Crippen MR) is 67.7 cm³/mol. The molecule has 1 aromatic carbocycles. The van der Waals surface area contributed by atoms with Crippen LogP contribution in [0.2, 0.25) is 0 Å². The number of halogens is 1. The third kappa shape index (κ3) is 2.45. The van der Waals surface area contributed by atoms with Crippen molar-refractivity contribution in [3.8, 4) is 0 Å². The molecule has 4 nitrogen and oxygen atoms in total. The van der Waals surface area contributed by atoms with E-state index < -0.39 is 11.7 Å². The number of nitrogens with zero attached hydrogens (tertiary/aromatic N) is 1. The lowest BCUT2D eigenvalue weighted by Gasteiger charge is -2.08. The van der Waals surface area contributed by atoms with Crippen molar-refractivity contribution in [2.75, 3.05) is 11.1 Å². The van der Waals surface area contributed by atoms with E-state index in [-0.39, 0.29) is 5.69 Å². The van der Waals surface area contributed by atoms with E-state index in [0.29, 0.717) is 16.9 Å². The Bertz CT molecular complexity index is 599. The number of hydrogen-bond donors (Lipinski definition) is 2. The summed E-state index contributed by atoms with van der Waals surface area (Å²) in [6.45, 7) is 1.71. The highest BCUT2D eigenvalue weighted by atomic mass is 19.1. The Morgan fingerprint density at radius 2 is 2.17 bits per heavy atom. The highest BCUT2D eigenvalue weighted by Gasteiger charge is 2.11. The van der Waals surface area contributed by atoms with Gasteiger partial charge in [0.1, 0.15) is 5.82 Å². The van der Waals surface area contributed by atoms with Crippen LogP contribution in [0.1, 0.15) is 16.1 Å². The minimum absolute atomic E-state index is 0.0586. The van der Waals surface area contributed by atoms with E-state index in [4.69, 9.17) is 5.73 Å². The first-order valence-corrected chi connectivity index (χ1v) is 5.36. The molecule has 0 aliphatic heterocycles. The fourth-order valence-corrected chi connectivity index (χ4v) is 1.55. The lowest BCUT2D eigenvalue weighted by atomic mass is 10.2. The molecule has 0 radical (unpaired) electrons. The quantitative estimate of drug-likeness (QED) is 0.798. The van der Waals surface area contributed by atoms with Gasteiger partial charge in [0.2, 0.25) is 0 Å². The van der Waals surface area contributed by atoms with Crippen molar-refractivity contribution in [2.45, 2.75) is 6.92 Å². The van der Waals surface area contributed by atoms with E-state index in [1.807, 2.05) is 0 Å². The summed E-state index contributed by atoms with van der Waals surface area (Å²) < 4.78 is 13.5. The zero-order valence-electron chi connectivity index (χ0n) is 9.77. The number of nitrogens with one attached hydrogen (secondary N) is 1. The van der Waals surface area contributed by atoms with E-state index in [0.717, 1.165) is 0 Å². The van der Waals surface area contributed by atoms with E-state index in [1.54, 1.807) is 25.3 Å². The molecule has 3 N–H and O–H groups in total. The molecule has 18 heavy (non-hydrogen) atoms. The molecule has 0 bridgehead atoms. The Kier molecular flexibility index (Phi) is 3.23. The van der Waals surface area contributed by atoms with E-state index in [9.17, 15) is 9.18 Å². The lowest BCUT2D eigenvalue weighted by molar-refractivity contribution is 0.102. The first kappa shape index (κ1) is 12.0. The molecule has 2 rings (SSSR count). The predicted octanol–water partition coefficient (Wildman–Crippen LogP) is 2.36. The van der Waals surface area contributed by atoms with Crippen molar-refractivity contribution in [3.05, 3.63) is 53.6 Å². The number of carbonyl (C=O) groups is 1. The molecule has 1 heterocycles. The summed E-state index contributed by atoms with van der Waals surface area (Å²) in [5.41, 5.74) is 6.97. The SMILES string of the molecule is Cc1ncccc1C(=O)Nc1cc(N)ccc1F. The van der Waals surface area contributed by atoms with E-state index in [2.05, 4.69) is 10.3 Å². The molecule has 0 fully saturated rings. The largest absolute Gasteiger partial charge is 0.399 e. The zero-order valence-corrected chi connectivity index (χ0v) is 9.77. The van der Waals surface area contributed by atoms with E-state index in [1.165, 1.54) is 18.2 Å². The van der Waals surface area contributed by atoms with Crippen LogP contribution < -0.4 is 11.1 Å². The van der Waals surface area contributed by atoms with Gasteiger partial charge in [0, 0.05) is 17.6 Å². The number of aryl methyl sites for hydroxylation is 1. The maximum atomic E-state index is 13.5. The number of hydrogen-bond acceptors (Lipinski definition) is 3. The summed E-state index contributed by atoms with van der Waals surface area (Å²) in [4.78, 5) is 15.9. The summed E-state index contributed by atoms with van der Waals surface area (Å²) in [6.07, 6.45) is 1.59. The van der Waals surface area contributed by atoms with Crippen molar-refractivity contribution in [1.29, 1.82) is 0 Å². The standard InChI is InChI=1S/C13H12FN3O/c1-8-10(3-2-6-16-8)13(18)17-12-7-9(15)4-5-11(12)14/h2-7H,15H2,1H3,(H,17,18). The Labute approximate surface area is 104 Å². The topological polar surface area (TPSA) is 68.0 Å². The van der Waals surface area contributed by atoms with Gasteiger partial charge in [0.25, 0.3) is 5.91 Å². The molecule has 0 aliphatic carbocycles. The molecule has 0 saturated heterocycles. The summed E-state index contributed by atoms with van der Waals surface area (Å²) in [5.74, 6) is -0.941. The van der Waals surface area contributed by atoms with Crippen LogP contribution in [-0.2, 0) is 0 Å². The highest BCUT2D eigenvalue weighted by molar-refractivity contribution is 6.05. The minimum atomic E-state index is -0.529. The number of nitrogen functional groups attached to an aromatic ring is 1. The summed E-state index contributed by atoms with van der Waals surface area (Å²) in [6, 6.07) is 7.29. The van der Waals surface area contributed by atoms with Gasteiger partial charge in [-0.2, -0.15) is 0 Å². The number of aromatic nitrogens is 1. The molecular weight excluding hydrogens is 233 g/mol. The molecule has 0 unspecified atom stereocenters. The first-order valence-electron chi connectivity index (χ1n) is 5.36. The van der Waals surface area contributed by atoms with Crippen LogP contribution >= 0.6 is 0 Å². The monoisotopic (exact) mass is 245 g/mol. The van der Waals surface area contributed by atoms with Gasteiger partial charge in [-0.05, 0) is 37.3 Å². The molecule has 1 aromatic heterocycles. The number of pyridine rings is 1. The molecule has 1 amide bonds. The molecule has 0 spiro atoms. The lowest BCUT2D eigenvalue weighted by Crippen LogP contribution is -2.15. The molecule has 92 valence electrons. The number of rotatable bonds is 2. The minimum Gasteiger partial charge on any atom is -0.399 e. The normalized spacial score (nSPS) is 10.1. The number of nitrogens with two attached hydrogens (primary N) is 1. The van der Waals surface area contributed by atoms with Gasteiger partial charge in [-0.1, -0.05) is 0 Å². The number of benzene rings is 1. The molecule has 0 saturated carbocycles. The Morgan fingerprint density at radius 1 is 1.39 bits per heavy atom. The fraction of sp³-hybridized carbons (Fsp3) is 0.0769. The van der Waals surface area contributed by atoms with Gasteiger partial charge in [-0.25, -0.2) is 4.39 Å². The maximum Gasteiger partial charge on any atom is 0.257 e. The average Bonchev–Trinajstić information content (AvgIpc) is 2.34. The van der Waals surface area contributed by atoms with Gasteiger partial charge in [-0.3, -0.25) is 9.78 Å². The van der Waals surface area contributed by atoms with Crippen molar-refractivity contribution >= 4 is 17.3 Å². The van der Waals surface area contributed by atoms with Crippen LogP contribution in [0.4, 0.5) is 15.8 Å². The molecular formula is C13H12FN3O. The second-order valence-corrected chi connectivity index (χ2v) is 3.83. The van der Waals surface area contributed by atoms with Crippen LogP contribution in [0.15, 0.2) is 36.5 Å². The van der Waals surface area contributed by atoms with Crippen molar-refractivity contribution < 1.29 is 9.18 Å². The van der Waals surface area contributed by atoms with Gasteiger partial charge in [0.05, 0.1) is 11.3 Å². The fourth-order valence-electron chi connectivity index (χ4n) is 1.55. The Hall–Kier alpha value is -2.43. The highest BCUT2D eigenvalue weighted by Crippen LogP contribution is 2.18. The number of carbonyl (C=O) groups excluding carboxylic acids is 1. The van der Waals surface area contributed by atoms with E-state index >= 15 is 0 Å². The zero-order chi connectivity index (χ0) is 13.1.